The summed E-state index contributed by atoms with van der Waals surface area (Å²) < 4.78 is 11.0. The number of benzene rings is 1. The fourth-order valence-electron chi connectivity index (χ4n) is 3.55. The molecule has 0 spiro atoms. The molecular formula is C21H24N4O3. The zero-order valence-corrected chi connectivity index (χ0v) is 16.1. The number of amides is 1. The fraction of sp³-hybridized carbons (Fsp3) is 0.381. The number of fused-ring (bicyclic) bond motifs is 1. The molecule has 28 heavy (non-hydrogen) atoms. The van der Waals surface area contributed by atoms with Gasteiger partial charge in [-0.3, -0.25) is 9.69 Å². The smallest absolute Gasteiger partial charge is 0.239 e. The number of carbonyl (C=O) groups is 1. The Bertz CT molecular complexity index is 977. The number of pyridine rings is 1. The molecular weight excluding hydrogens is 356 g/mol. The lowest BCUT2D eigenvalue weighted by Gasteiger charge is -2.30. The highest BCUT2D eigenvalue weighted by atomic mass is 16.5. The maximum Gasteiger partial charge on any atom is 0.239 e. The first-order chi connectivity index (χ1) is 13.6. The Labute approximate surface area is 163 Å². The Morgan fingerprint density at radius 1 is 1.21 bits per heavy atom. The van der Waals surface area contributed by atoms with E-state index in [0.29, 0.717) is 24.4 Å². The highest BCUT2D eigenvalue weighted by Gasteiger charge is 2.20. The van der Waals surface area contributed by atoms with Crippen molar-refractivity contribution in [3.8, 4) is 11.3 Å². The molecule has 7 heteroatoms. The molecule has 0 bridgehead atoms. The van der Waals surface area contributed by atoms with E-state index in [0.717, 1.165) is 48.0 Å². The fourth-order valence-corrected chi connectivity index (χ4v) is 3.55. The van der Waals surface area contributed by atoms with E-state index in [1.807, 2.05) is 31.2 Å². The number of hydrogen-bond acceptors (Lipinski definition) is 6. The van der Waals surface area contributed by atoms with Crippen LogP contribution in [0.15, 0.2) is 41.1 Å². The highest BCUT2D eigenvalue weighted by molar-refractivity contribution is 5.94. The van der Waals surface area contributed by atoms with Crippen LogP contribution in [0.4, 0.5) is 5.82 Å². The van der Waals surface area contributed by atoms with Crippen LogP contribution in [0.5, 0.6) is 0 Å². The van der Waals surface area contributed by atoms with Gasteiger partial charge >= 0.3 is 0 Å². The molecule has 0 atom stereocenters. The Morgan fingerprint density at radius 3 is 2.75 bits per heavy atom. The second-order valence-electron chi connectivity index (χ2n) is 7.13. The first kappa shape index (κ1) is 18.6. The SMILES string of the molecule is COC1CCN(CC(=O)Nc2cc3cc(-c4cnc(C)o4)ccc3cn2)CC1. The molecule has 7 nitrogen and oxygen atoms in total. The van der Waals surface area contributed by atoms with Gasteiger partial charge in [0.15, 0.2) is 11.7 Å². The monoisotopic (exact) mass is 380 g/mol. The molecule has 1 amide bonds. The number of ether oxygens (including phenoxy) is 1. The van der Waals surface area contributed by atoms with Crippen LogP contribution in [0.25, 0.3) is 22.1 Å². The second-order valence-corrected chi connectivity index (χ2v) is 7.13. The van der Waals surface area contributed by atoms with Gasteiger partial charge in [0.05, 0.1) is 18.8 Å². The quantitative estimate of drug-likeness (QED) is 0.732. The van der Waals surface area contributed by atoms with Crippen LogP contribution in [0.3, 0.4) is 0 Å². The number of rotatable bonds is 5. The molecule has 2 aromatic heterocycles. The molecule has 0 radical (unpaired) electrons. The van der Waals surface area contributed by atoms with E-state index in [-0.39, 0.29) is 5.91 Å². The van der Waals surface area contributed by atoms with Gasteiger partial charge in [-0.2, -0.15) is 0 Å². The summed E-state index contributed by atoms with van der Waals surface area (Å²) >= 11 is 0. The number of aryl methyl sites for hydroxylation is 1. The summed E-state index contributed by atoms with van der Waals surface area (Å²) in [6.45, 7) is 3.93. The van der Waals surface area contributed by atoms with Gasteiger partial charge in [-0.15, -0.1) is 0 Å². The molecule has 1 aliphatic heterocycles. The van der Waals surface area contributed by atoms with Gasteiger partial charge < -0.3 is 14.5 Å². The van der Waals surface area contributed by atoms with Crippen LogP contribution in [0.1, 0.15) is 18.7 Å². The number of hydrogen-bond donors (Lipinski definition) is 1. The van der Waals surface area contributed by atoms with E-state index in [2.05, 4.69) is 20.2 Å². The van der Waals surface area contributed by atoms with Gasteiger partial charge in [0.2, 0.25) is 5.91 Å². The summed E-state index contributed by atoms with van der Waals surface area (Å²) in [5, 5.41) is 4.89. The van der Waals surface area contributed by atoms with E-state index in [4.69, 9.17) is 9.15 Å². The molecule has 1 fully saturated rings. The molecule has 4 rings (SSSR count). The van der Waals surface area contributed by atoms with Gasteiger partial charge in [0.25, 0.3) is 0 Å². The van der Waals surface area contributed by atoms with Crippen molar-refractivity contribution in [3.63, 3.8) is 0 Å². The van der Waals surface area contributed by atoms with Gasteiger partial charge in [-0.25, -0.2) is 9.97 Å². The highest BCUT2D eigenvalue weighted by Crippen LogP contribution is 2.26. The van der Waals surface area contributed by atoms with E-state index < -0.39 is 0 Å². The third kappa shape index (κ3) is 4.21. The molecule has 1 saturated heterocycles. The number of oxazole rings is 1. The van der Waals surface area contributed by atoms with Crippen molar-refractivity contribution in [2.24, 2.45) is 0 Å². The minimum absolute atomic E-state index is 0.0512. The molecule has 1 aromatic carbocycles. The van der Waals surface area contributed by atoms with Crippen LogP contribution in [0.2, 0.25) is 0 Å². The minimum atomic E-state index is -0.0512. The number of methoxy groups -OCH3 is 1. The third-order valence-electron chi connectivity index (χ3n) is 5.13. The van der Waals surface area contributed by atoms with E-state index in [1.165, 1.54) is 0 Å². The van der Waals surface area contributed by atoms with Crippen molar-refractivity contribution in [2.45, 2.75) is 25.9 Å². The van der Waals surface area contributed by atoms with Crippen molar-refractivity contribution in [1.29, 1.82) is 0 Å². The average molecular weight is 380 g/mol. The number of likely N-dealkylation sites (tertiary alicyclic amines) is 1. The first-order valence-corrected chi connectivity index (χ1v) is 9.48. The lowest BCUT2D eigenvalue weighted by molar-refractivity contribution is -0.117. The van der Waals surface area contributed by atoms with Crippen LogP contribution in [0, 0.1) is 6.92 Å². The largest absolute Gasteiger partial charge is 0.441 e. The molecule has 1 N–H and O–H groups in total. The van der Waals surface area contributed by atoms with Crippen molar-refractivity contribution >= 4 is 22.5 Å². The van der Waals surface area contributed by atoms with Gasteiger partial charge in [-0.1, -0.05) is 12.1 Å². The molecule has 0 saturated carbocycles. The Kier molecular flexibility index (Phi) is 5.36. The van der Waals surface area contributed by atoms with Crippen molar-refractivity contribution in [1.82, 2.24) is 14.9 Å². The van der Waals surface area contributed by atoms with E-state index in [9.17, 15) is 4.79 Å². The zero-order valence-electron chi connectivity index (χ0n) is 16.1. The van der Waals surface area contributed by atoms with E-state index >= 15 is 0 Å². The summed E-state index contributed by atoms with van der Waals surface area (Å²) in [5.41, 5.74) is 0.942. The molecule has 1 aliphatic rings. The zero-order chi connectivity index (χ0) is 19.5. The summed E-state index contributed by atoms with van der Waals surface area (Å²) in [5.74, 6) is 1.86. The maximum atomic E-state index is 12.4. The standard InChI is InChI=1S/C21H24N4O3/c1-14-22-12-19(28-14)15-3-4-16-11-23-20(10-17(16)9-15)24-21(26)13-25-7-5-18(27-2)6-8-25/h3-4,9-12,18H,5-8,13H2,1-2H3,(H,23,24,26). The summed E-state index contributed by atoms with van der Waals surface area (Å²) in [6.07, 6.45) is 5.71. The van der Waals surface area contributed by atoms with Crippen LogP contribution >= 0.6 is 0 Å². The number of nitrogens with one attached hydrogen (secondary N) is 1. The normalized spacial score (nSPS) is 15.8. The predicted molar refractivity (Wildman–Crippen MR) is 107 cm³/mol. The minimum Gasteiger partial charge on any atom is -0.441 e. The molecule has 0 unspecified atom stereocenters. The number of aromatic nitrogens is 2. The molecule has 0 aliphatic carbocycles. The predicted octanol–water partition coefficient (Wildman–Crippen LogP) is 3.25. The third-order valence-corrected chi connectivity index (χ3v) is 5.13. The van der Waals surface area contributed by atoms with Crippen LogP contribution in [-0.2, 0) is 9.53 Å². The lowest BCUT2D eigenvalue weighted by Crippen LogP contribution is -2.41. The Morgan fingerprint density at radius 2 is 2.04 bits per heavy atom. The van der Waals surface area contributed by atoms with Crippen molar-refractivity contribution in [2.75, 3.05) is 32.1 Å². The van der Waals surface area contributed by atoms with Gasteiger partial charge in [-0.05, 0) is 30.4 Å². The Balaban J connectivity index is 1.44. The Hall–Kier alpha value is -2.77. The van der Waals surface area contributed by atoms with Crippen LogP contribution < -0.4 is 5.32 Å². The number of nitrogens with zero attached hydrogens (tertiary/aromatic N) is 3. The van der Waals surface area contributed by atoms with Crippen molar-refractivity contribution < 1.29 is 13.9 Å². The van der Waals surface area contributed by atoms with Gasteiger partial charge in [0.1, 0.15) is 5.82 Å². The summed E-state index contributed by atoms with van der Waals surface area (Å²) in [4.78, 5) is 23.1. The number of carbonyl (C=O) groups excluding carboxylic acids is 1. The van der Waals surface area contributed by atoms with Gasteiger partial charge in [0, 0.05) is 44.3 Å². The number of anilines is 1. The topological polar surface area (TPSA) is 80.5 Å². The molecule has 3 aromatic rings. The van der Waals surface area contributed by atoms with Crippen molar-refractivity contribution in [3.05, 3.63) is 42.5 Å². The first-order valence-electron chi connectivity index (χ1n) is 9.48. The molecule has 3 heterocycles. The molecule has 146 valence electrons. The second kappa shape index (κ2) is 8.08. The maximum absolute atomic E-state index is 12.4. The summed E-state index contributed by atoms with van der Waals surface area (Å²) in [7, 11) is 1.74. The van der Waals surface area contributed by atoms with E-state index in [1.54, 1.807) is 19.5 Å². The number of piperidine rings is 1. The average Bonchev–Trinajstić information content (AvgIpc) is 3.14. The summed E-state index contributed by atoms with van der Waals surface area (Å²) in [6, 6.07) is 7.87. The van der Waals surface area contributed by atoms with Crippen LogP contribution in [-0.4, -0.2) is 53.6 Å². The lowest BCUT2D eigenvalue weighted by atomic mass is 10.1.